The van der Waals surface area contributed by atoms with Crippen LogP contribution < -0.4 is 0 Å². The lowest BCUT2D eigenvalue weighted by Gasteiger charge is -2.23. The Balaban J connectivity index is 2.45. The third kappa shape index (κ3) is 1.87. The monoisotopic (exact) mass is 165 g/mol. The minimum Gasteiger partial charge on any atom is -0.386 e. The van der Waals surface area contributed by atoms with Gasteiger partial charge in [-0.3, -0.25) is 0 Å². The predicted octanol–water partition coefficient (Wildman–Crippen LogP) is 0.707. The summed E-state index contributed by atoms with van der Waals surface area (Å²) >= 11 is 0. The first kappa shape index (κ1) is 8.87. The molecule has 2 atom stereocenters. The molecular weight excluding hydrogens is 152 g/mol. The summed E-state index contributed by atoms with van der Waals surface area (Å²) in [7, 11) is 1.77. The van der Waals surface area contributed by atoms with E-state index in [1.807, 2.05) is 0 Å². The molecule has 11 heavy (non-hydrogen) atoms. The van der Waals surface area contributed by atoms with E-state index in [0.29, 0.717) is 6.42 Å². The number of hydrogen-bond acceptors (Lipinski definition) is 2. The summed E-state index contributed by atoms with van der Waals surface area (Å²) < 4.78 is 24.0. The van der Waals surface area contributed by atoms with E-state index in [4.69, 9.17) is 5.11 Å². The predicted molar refractivity (Wildman–Crippen MR) is 37.7 cm³/mol. The molecule has 1 fully saturated rings. The standard InChI is InChI=1S/C7H13F2NO/c1-10-4-2-3-5(10)6(11)7(8)9/h5-7,11H,2-4H2,1H3/t5-,6+/m0/s1. The van der Waals surface area contributed by atoms with Crippen LogP contribution in [0.25, 0.3) is 0 Å². The minimum atomic E-state index is -2.61. The molecule has 0 spiro atoms. The molecule has 66 valence electrons. The van der Waals surface area contributed by atoms with Crippen molar-refractivity contribution in [3.63, 3.8) is 0 Å². The van der Waals surface area contributed by atoms with Gasteiger partial charge in [-0.15, -0.1) is 0 Å². The number of likely N-dealkylation sites (N-methyl/N-ethyl adjacent to an activating group) is 1. The molecule has 0 bridgehead atoms. The van der Waals surface area contributed by atoms with Crippen LogP contribution in [0.2, 0.25) is 0 Å². The smallest absolute Gasteiger partial charge is 0.265 e. The number of aliphatic hydroxyl groups excluding tert-OH is 1. The summed E-state index contributed by atoms with van der Waals surface area (Å²) in [5.74, 6) is 0. The molecular formula is C7H13F2NO. The fourth-order valence-corrected chi connectivity index (χ4v) is 1.54. The Morgan fingerprint density at radius 1 is 1.55 bits per heavy atom. The van der Waals surface area contributed by atoms with E-state index in [1.165, 1.54) is 0 Å². The highest BCUT2D eigenvalue weighted by molar-refractivity contribution is 4.83. The lowest BCUT2D eigenvalue weighted by molar-refractivity contribution is -0.0426. The van der Waals surface area contributed by atoms with E-state index in [1.54, 1.807) is 11.9 Å². The molecule has 0 radical (unpaired) electrons. The van der Waals surface area contributed by atoms with Crippen molar-refractivity contribution >= 4 is 0 Å². The molecule has 1 aliphatic rings. The van der Waals surface area contributed by atoms with Crippen molar-refractivity contribution < 1.29 is 13.9 Å². The molecule has 0 aromatic carbocycles. The van der Waals surface area contributed by atoms with Gasteiger partial charge in [0, 0.05) is 6.04 Å². The van der Waals surface area contributed by atoms with E-state index < -0.39 is 12.5 Å². The van der Waals surface area contributed by atoms with Gasteiger partial charge in [-0.05, 0) is 26.4 Å². The third-order valence-electron chi connectivity index (χ3n) is 2.23. The largest absolute Gasteiger partial charge is 0.386 e. The van der Waals surface area contributed by atoms with Crippen molar-refractivity contribution in [3.05, 3.63) is 0 Å². The molecule has 2 nitrogen and oxygen atoms in total. The molecule has 0 aliphatic carbocycles. The van der Waals surface area contributed by atoms with Crippen LogP contribution in [0.5, 0.6) is 0 Å². The second kappa shape index (κ2) is 3.45. The van der Waals surface area contributed by atoms with Crippen LogP contribution >= 0.6 is 0 Å². The molecule has 0 aromatic rings. The Kier molecular flexibility index (Phi) is 2.78. The summed E-state index contributed by atoms with van der Waals surface area (Å²) in [6, 6.07) is -0.338. The van der Waals surface area contributed by atoms with Crippen LogP contribution in [0.4, 0.5) is 8.78 Å². The van der Waals surface area contributed by atoms with Crippen molar-refractivity contribution in [2.75, 3.05) is 13.6 Å². The van der Waals surface area contributed by atoms with Crippen LogP contribution in [0, 0.1) is 0 Å². The van der Waals surface area contributed by atoms with Gasteiger partial charge in [0.2, 0.25) is 0 Å². The average molecular weight is 165 g/mol. The van der Waals surface area contributed by atoms with Crippen molar-refractivity contribution in [2.45, 2.75) is 31.4 Å². The Hall–Kier alpha value is -0.220. The van der Waals surface area contributed by atoms with Crippen LogP contribution in [0.1, 0.15) is 12.8 Å². The zero-order valence-corrected chi connectivity index (χ0v) is 6.50. The Morgan fingerprint density at radius 2 is 2.18 bits per heavy atom. The van der Waals surface area contributed by atoms with Gasteiger partial charge < -0.3 is 10.0 Å². The lowest BCUT2D eigenvalue weighted by atomic mass is 10.1. The van der Waals surface area contributed by atoms with E-state index in [0.717, 1.165) is 13.0 Å². The zero-order valence-electron chi connectivity index (χ0n) is 6.50. The van der Waals surface area contributed by atoms with E-state index >= 15 is 0 Å². The molecule has 0 saturated carbocycles. The molecule has 0 aromatic heterocycles. The van der Waals surface area contributed by atoms with Crippen LogP contribution in [0.15, 0.2) is 0 Å². The number of alkyl halides is 2. The molecule has 1 saturated heterocycles. The van der Waals surface area contributed by atoms with E-state index in [2.05, 4.69) is 0 Å². The van der Waals surface area contributed by atoms with E-state index in [9.17, 15) is 8.78 Å². The number of halogens is 2. The van der Waals surface area contributed by atoms with Crippen molar-refractivity contribution in [1.82, 2.24) is 4.90 Å². The zero-order chi connectivity index (χ0) is 8.43. The van der Waals surface area contributed by atoms with Gasteiger partial charge in [-0.25, -0.2) is 8.78 Å². The van der Waals surface area contributed by atoms with Gasteiger partial charge in [0.05, 0.1) is 0 Å². The maximum atomic E-state index is 12.0. The minimum absolute atomic E-state index is 0.338. The quantitative estimate of drug-likeness (QED) is 0.651. The van der Waals surface area contributed by atoms with Gasteiger partial charge in [0.25, 0.3) is 6.43 Å². The maximum Gasteiger partial charge on any atom is 0.265 e. The first-order chi connectivity index (χ1) is 5.13. The Morgan fingerprint density at radius 3 is 2.55 bits per heavy atom. The van der Waals surface area contributed by atoms with Crippen molar-refractivity contribution in [2.24, 2.45) is 0 Å². The Bertz CT molecular complexity index is 132. The maximum absolute atomic E-state index is 12.0. The highest BCUT2D eigenvalue weighted by atomic mass is 19.3. The third-order valence-corrected chi connectivity index (χ3v) is 2.23. The van der Waals surface area contributed by atoms with Gasteiger partial charge >= 0.3 is 0 Å². The normalized spacial score (nSPS) is 29.7. The fraction of sp³-hybridized carbons (Fsp3) is 1.00. The summed E-state index contributed by atoms with van der Waals surface area (Å²) in [5, 5.41) is 9.00. The molecule has 1 rings (SSSR count). The summed E-state index contributed by atoms with van der Waals surface area (Å²) in [5.41, 5.74) is 0. The number of aliphatic hydroxyl groups is 1. The summed E-state index contributed by atoms with van der Waals surface area (Å²) in [4.78, 5) is 1.79. The van der Waals surface area contributed by atoms with Gasteiger partial charge in [0.15, 0.2) is 0 Å². The fourth-order valence-electron chi connectivity index (χ4n) is 1.54. The number of rotatable bonds is 2. The number of hydrogen-bond donors (Lipinski definition) is 1. The molecule has 0 unspecified atom stereocenters. The number of nitrogens with zero attached hydrogens (tertiary/aromatic N) is 1. The first-order valence-electron chi connectivity index (χ1n) is 3.79. The highest BCUT2D eigenvalue weighted by Crippen LogP contribution is 2.21. The second-order valence-corrected chi connectivity index (χ2v) is 3.02. The lowest BCUT2D eigenvalue weighted by Crippen LogP contribution is -2.40. The Labute approximate surface area is 64.8 Å². The second-order valence-electron chi connectivity index (χ2n) is 3.02. The molecule has 1 heterocycles. The van der Waals surface area contributed by atoms with Crippen LogP contribution in [0.3, 0.4) is 0 Å². The topological polar surface area (TPSA) is 23.5 Å². The molecule has 0 amide bonds. The summed E-state index contributed by atoms with van der Waals surface area (Å²) in [6.45, 7) is 0.814. The summed E-state index contributed by atoms with van der Waals surface area (Å²) in [6.07, 6.45) is -2.49. The highest BCUT2D eigenvalue weighted by Gasteiger charge is 2.33. The molecule has 1 aliphatic heterocycles. The van der Waals surface area contributed by atoms with Gasteiger partial charge in [-0.2, -0.15) is 0 Å². The molecule has 4 heteroatoms. The first-order valence-corrected chi connectivity index (χ1v) is 3.79. The molecule has 1 N–H and O–H groups in total. The SMILES string of the molecule is CN1CCC[C@H]1[C@@H](O)C(F)F. The van der Waals surface area contributed by atoms with Crippen molar-refractivity contribution in [1.29, 1.82) is 0 Å². The van der Waals surface area contributed by atoms with E-state index in [-0.39, 0.29) is 6.04 Å². The van der Waals surface area contributed by atoms with Crippen LogP contribution in [-0.4, -0.2) is 42.2 Å². The van der Waals surface area contributed by atoms with Gasteiger partial charge in [0.1, 0.15) is 6.10 Å². The van der Waals surface area contributed by atoms with Crippen LogP contribution in [-0.2, 0) is 0 Å². The van der Waals surface area contributed by atoms with Gasteiger partial charge in [-0.1, -0.05) is 0 Å². The number of likely N-dealkylation sites (tertiary alicyclic amines) is 1. The van der Waals surface area contributed by atoms with Crippen molar-refractivity contribution in [3.8, 4) is 0 Å². The average Bonchev–Trinajstić information content (AvgIpc) is 2.33.